The number of nitrogens with zero attached hydrogens (tertiary/aromatic N) is 1. The zero-order valence-corrected chi connectivity index (χ0v) is 13.8. The standard InChI is InChI=1S/C11H26N.C5H10O2/c1-5-6-7-8-9-10-11-12(2,3)4;1-2-3-4-5(6)7/h5-11H2,1-4H3;2-4H2,1H3,(H,6,7)/q+1;/p-1. The number of quaternary nitrogens is 1. The van der Waals surface area contributed by atoms with Gasteiger partial charge in [0.05, 0.1) is 27.7 Å². The van der Waals surface area contributed by atoms with E-state index >= 15 is 0 Å². The Balaban J connectivity index is 0. The highest BCUT2D eigenvalue weighted by Gasteiger charge is 2.04. The van der Waals surface area contributed by atoms with Gasteiger partial charge in [0.2, 0.25) is 0 Å². The summed E-state index contributed by atoms with van der Waals surface area (Å²) in [5.41, 5.74) is 0. The number of aliphatic carboxylic acids is 1. The van der Waals surface area contributed by atoms with Crippen LogP contribution in [-0.4, -0.2) is 38.1 Å². The molecular formula is C16H35NO2. The Bertz CT molecular complexity index is 197. The lowest BCUT2D eigenvalue weighted by molar-refractivity contribution is -0.870. The highest BCUT2D eigenvalue weighted by atomic mass is 16.4. The van der Waals surface area contributed by atoms with Crippen LogP contribution in [-0.2, 0) is 4.79 Å². The van der Waals surface area contributed by atoms with Crippen LogP contribution in [0.3, 0.4) is 0 Å². The maximum atomic E-state index is 9.65. The van der Waals surface area contributed by atoms with Crippen molar-refractivity contribution in [2.24, 2.45) is 0 Å². The molecule has 0 radical (unpaired) electrons. The third kappa shape index (κ3) is 26.9. The van der Waals surface area contributed by atoms with Crippen LogP contribution in [0.25, 0.3) is 0 Å². The van der Waals surface area contributed by atoms with Gasteiger partial charge < -0.3 is 14.4 Å². The summed E-state index contributed by atoms with van der Waals surface area (Å²) in [5, 5.41) is 9.65. The van der Waals surface area contributed by atoms with Gasteiger partial charge in [0.15, 0.2) is 0 Å². The average Bonchev–Trinajstić information content (AvgIpc) is 2.30. The van der Waals surface area contributed by atoms with E-state index in [1.54, 1.807) is 0 Å². The first-order chi connectivity index (χ1) is 8.83. The monoisotopic (exact) mass is 273 g/mol. The molecule has 0 heterocycles. The van der Waals surface area contributed by atoms with E-state index in [0.29, 0.717) is 0 Å². The van der Waals surface area contributed by atoms with Gasteiger partial charge in [-0.25, -0.2) is 0 Å². The van der Waals surface area contributed by atoms with Gasteiger partial charge in [0, 0.05) is 5.97 Å². The lowest BCUT2D eigenvalue weighted by atomic mass is 10.1. The predicted octanol–water partition coefficient (Wildman–Crippen LogP) is 2.98. The number of carboxylic acid groups (broad SMARTS) is 1. The minimum Gasteiger partial charge on any atom is -0.550 e. The SMILES string of the molecule is CCCCC(=O)[O-].CCCCCCCC[N+](C)(C)C. The van der Waals surface area contributed by atoms with Crippen LogP contribution in [0.15, 0.2) is 0 Å². The molecule has 0 bridgehead atoms. The first-order valence-corrected chi connectivity index (χ1v) is 7.83. The molecule has 0 aromatic carbocycles. The van der Waals surface area contributed by atoms with Crippen molar-refractivity contribution in [3.63, 3.8) is 0 Å². The van der Waals surface area contributed by atoms with Gasteiger partial charge in [-0.2, -0.15) is 0 Å². The van der Waals surface area contributed by atoms with E-state index in [4.69, 9.17) is 0 Å². The summed E-state index contributed by atoms with van der Waals surface area (Å²) in [4.78, 5) is 9.65. The lowest BCUT2D eigenvalue weighted by Crippen LogP contribution is -2.35. The van der Waals surface area contributed by atoms with Crippen molar-refractivity contribution in [2.45, 2.75) is 71.6 Å². The summed E-state index contributed by atoms with van der Waals surface area (Å²) in [6.45, 7) is 5.54. The Morgan fingerprint density at radius 2 is 1.32 bits per heavy atom. The van der Waals surface area contributed by atoms with E-state index in [2.05, 4.69) is 28.1 Å². The van der Waals surface area contributed by atoms with Crippen LogP contribution in [0.5, 0.6) is 0 Å². The lowest BCUT2D eigenvalue weighted by Gasteiger charge is -2.23. The van der Waals surface area contributed by atoms with E-state index in [9.17, 15) is 9.90 Å². The Labute approximate surface area is 120 Å². The number of hydrogen-bond donors (Lipinski definition) is 0. The summed E-state index contributed by atoms with van der Waals surface area (Å²) >= 11 is 0. The summed E-state index contributed by atoms with van der Waals surface area (Å²) in [6, 6.07) is 0. The normalized spacial score (nSPS) is 10.8. The van der Waals surface area contributed by atoms with Gasteiger partial charge in [0.1, 0.15) is 0 Å². The van der Waals surface area contributed by atoms with Gasteiger partial charge in [-0.05, 0) is 25.7 Å². The Kier molecular flexibility index (Phi) is 15.1. The van der Waals surface area contributed by atoms with Crippen molar-refractivity contribution in [2.75, 3.05) is 27.7 Å². The van der Waals surface area contributed by atoms with Crippen LogP contribution in [0.4, 0.5) is 0 Å². The molecule has 0 atom stereocenters. The minimum atomic E-state index is -0.943. The first kappa shape index (κ1) is 20.7. The fraction of sp³-hybridized carbons (Fsp3) is 0.938. The number of carbonyl (C=O) groups is 1. The molecule has 3 nitrogen and oxygen atoms in total. The van der Waals surface area contributed by atoms with E-state index in [1.165, 1.54) is 45.1 Å². The zero-order valence-electron chi connectivity index (χ0n) is 13.8. The van der Waals surface area contributed by atoms with Gasteiger partial charge in [0.25, 0.3) is 0 Å². The molecule has 0 saturated carbocycles. The zero-order chi connectivity index (χ0) is 15.1. The quantitative estimate of drug-likeness (QED) is 0.453. The molecule has 0 aromatic heterocycles. The van der Waals surface area contributed by atoms with Crippen LogP contribution < -0.4 is 5.11 Å². The molecule has 0 aromatic rings. The largest absolute Gasteiger partial charge is 0.550 e. The minimum absolute atomic E-state index is 0.205. The molecule has 0 N–H and O–H groups in total. The highest BCUT2D eigenvalue weighted by Crippen LogP contribution is 2.06. The van der Waals surface area contributed by atoms with Crippen LogP contribution >= 0.6 is 0 Å². The number of unbranched alkanes of at least 4 members (excludes halogenated alkanes) is 6. The molecule has 0 rings (SSSR count). The Hall–Kier alpha value is -0.570. The van der Waals surface area contributed by atoms with Gasteiger partial charge in [-0.3, -0.25) is 0 Å². The molecule has 0 spiro atoms. The van der Waals surface area contributed by atoms with E-state index in [1.807, 2.05) is 6.92 Å². The van der Waals surface area contributed by atoms with Crippen molar-refractivity contribution < 1.29 is 14.4 Å². The third-order valence-electron chi connectivity index (χ3n) is 2.92. The predicted molar refractivity (Wildman–Crippen MR) is 80.8 cm³/mol. The van der Waals surface area contributed by atoms with Gasteiger partial charge >= 0.3 is 0 Å². The van der Waals surface area contributed by atoms with E-state index in [0.717, 1.165) is 17.3 Å². The molecule has 0 aliphatic carbocycles. The van der Waals surface area contributed by atoms with Crippen molar-refractivity contribution in [3.8, 4) is 0 Å². The van der Waals surface area contributed by atoms with Crippen LogP contribution in [0.1, 0.15) is 71.6 Å². The summed E-state index contributed by atoms with van der Waals surface area (Å²) in [6.07, 6.45) is 10.3. The van der Waals surface area contributed by atoms with Crippen molar-refractivity contribution in [1.82, 2.24) is 0 Å². The second kappa shape index (κ2) is 13.9. The number of carbonyl (C=O) groups excluding carboxylic acids is 1. The molecule has 0 saturated heterocycles. The molecule has 0 amide bonds. The second-order valence-electron chi connectivity index (χ2n) is 6.26. The third-order valence-corrected chi connectivity index (χ3v) is 2.92. The number of rotatable bonds is 10. The van der Waals surface area contributed by atoms with Gasteiger partial charge in [-0.1, -0.05) is 46.0 Å². The molecule has 0 aliphatic rings. The molecule has 116 valence electrons. The van der Waals surface area contributed by atoms with Crippen molar-refractivity contribution in [3.05, 3.63) is 0 Å². The fourth-order valence-electron chi connectivity index (χ4n) is 1.69. The maximum absolute atomic E-state index is 9.65. The molecule has 0 aliphatic heterocycles. The molecule has 3 heteroatoms. The number of carboxylic acids is 1. The van der Waals surface area contributed by atoms with Crippen molar-refractivity contribution in [1.29, 1.82) is 0 Å². The summed E-state index contributed by atoms with van der Waals surface area (Å²) in [7, 11) is 6.81. The Morgan fingerprint density at radius 3 is 1.68 bits per heavy atom. The van der Waals surface area contributed by atoms with Gasteiger partial charge in [-0.15, -0.1) is 0 Å². The fourth-order valence-corrected chi connectivity index (χ4v) is 1.69. The molecule has 0 fully saturated rings. The molecular weight excluding hydrogens is 238 g/mol. The first-order valence-electron chi connectivity index (χ1n) is 7.83. The van der Waals surface area contributed by atoms with Crippen LogP contribution in [0, 0.1) is 0 Å². The van der Waals surface area contributed by atoms with Crippen LogP contribution in [0.2, 0.25) is 0 Å². The summed E-state index contributed by atoms with van der Waals surface area (Å²) < 4.78 is 1.12. The average molecular weight is 273 g/mol. The topological polar surface area (TPSA) is 40.1 Å². The van der Waals surface area contributed by atoms with E-state index in [-0.39, 0.29) is 6.42 Å². The molecule has 19 heavy (non-hydrogen) atoms. The summed E-state index contributed by atoms with van der Waals surface area (Å²) in [5.74, 6) is -0.943. The Morgan fingerprint density at radius 1 is 0.842 bits per heavy atom. The number of hydrogen-bond acceptors (Lipinski definition) is 2. The second-order valence-corrected chi connectivity index (χ2v) is 6.26. The highest BCUT2D eigenvalue weighted by molar-refractivity contribution is 5.63. The smallest absolute Gasteiger partial charge is 0.0780 e. The van der Waals surface area contributed by atoms with E-state index < -0.39 is 5.97 Å². The molecule has 0 unspecified atom stereocenters. The maximum Gasteiger partial charge on any atom is 0.0780 e. The van der Waals surface area contributed by atoms with Crippen molar-refractivity contribution >= 4 is 5.97 Å².